The number of hydrogen-bond acceptors (Lipinski definition) is 6. The minimum Gasteiger partial charge on any atom is -0.491 e. The van der Waals surface area contributed by atoms with Crippen LogP contribution < -0.4 is 9.46 Å². The van der Waals surface area contributed by atoms with Crippen molar-refractivity contribution in [2.45, 2.75) is 18.2 Å². The molecule has 0 radical (unpaired) electrons. The van der Waals surface area contributed by atoms with E-state index >= 15 is 0 Å². The molecule has 0 aliphatic carbocycles. The molecule has 1 aromatic rings. The summed E-state index contributed by atoms with van der Waals surface area (Å²) in [7, 11) is -2.04. The van der Waals surface area contributed by atoms with Gasteiger partial charge in [0.15, 0.2) is 0 Å². The minimum absolute atomic E-state index is 0.202. The second kappa shape index (κ2) is 12.2. The average Bonchev–Trinajstić information content (AvgIpc) is 2.60. The monoisotopic (exact) mass is 361 g/mol. The summed E-state index contributed by atoms with van der Waals surface area (Å²) in [6, 6.07) is 6.22. The Morgan fingerprint density at radius 2 is 1.33 bits per heavy atom. The third-order valence-electron chi connectivity index (χ3n) is 2.99. The zero-order valence-electron chi connectivity index (χ0n) is 14.3. The Kier molecular flexibility index (Phi) is 10.6. The fourth-order valence-corrected chi connectivity index (χ4v) is 2.47. The van der Waals surface area contributed by atoms with Gasteiger partial charge in [-0.1, -0.05) is 6.92 Å². The van der Waals surface area contributed by atoms with E-state index in [-0.39, 0.29) is 4.90 Å². The lowest BCUT2D eigenvalue weighted by Gasteiger charge is -2.09. The molecule has 1 N–H and O–H groups in total. The van der Waals surface area contributed by atoms with Gasteiger partial charge >= 0.3 is 0 Å². The highest BCUT2D eigenvalue weighted by Gasteiger charge is 2.10. The highest BCUT2D eigenvalue weighted by atomic mass is 32.2. The highest BCUT2D eigenvalue weighted by molar-refractivity contribution is 7.89. The van der Waals surface area contributed by atoms with Crippen molar-refractivity contribution in [3.8, 4) is 5.75 Å². The Hall–Kier alpha value is -1.19. The van der Waals surface area contributed by atoms with Crippen LogP contribution in [-0.2, 0) is 24.2 Å². The minimum atomic E-state index is -3.41. The van der Waals surface area contributed by atoms with E-state index in [0.717, 1.165) is 13.0 Å². The standard InChI is InChI=1S/C16H27NO6S/c1-3-8-20-9-10-21-11-12-22-13-14-23-15-4-6-16(7-5-15)24(18,19)17-2/h4-7,17H,3,8-14H2,1-2H3. The molecule has 0 fully saturated rings. The fraction of sp³-hybridized carbons (Fsp3) is 0.625. The van der Waals surface area contributed by atoms with Crippen molar-refractivity contribution in [1.29, 1.82) is 0 Å². The largest absolute Gasteiger partial charge is 0.491 e. The van der Waals surface area contributed by atoms with Crippen LogP contribution >= 0.6 is 0 Å². The molecular formula is C16H27NO6S. The normalized spacial score (nSPS) is 11.6. The maximum absolute atomic E-state index is 11.6. The van der Waals surface area contributed by atoms with E-state index < -0.39 is 10.0 Å². The molecule has 0 saturated heterocycles. The Morgan fingerprint density at radius 1 is 0.833 bits per heavy atom. The summed E-state index contributed by atoms with van der Waals surface area (Å²) in [6.07, 6.45) is 1.01. The summed E-state index contributed by atoms with van der Waals surface area (Å²) in [6.45, 7) is 5.85. The van der Waals surface area contributed by atoms with Crippen LogP contribution in [0.25, 0.3) is 0 Å². The molecule has 0 spiro atoms. The van der Waals surface area contributed by atoms with Crippen molar-refractivity contribution >= 4 is 10.0 Å². The summed E-state index contributed by atoms with van der Waals surface area (Å²) < 4.78 is 46.9. The third kappa shape index (κ3) is 8.60. The molecule has 1 aromatic carbocycles. The number of ether oxygens (including phenoxy) is 4. The molecule has 7 nitrogen and oxygen atoms in total. The molecule has 0 bridgehead atoms. The zero-order valence-corrected chi connectivity index (χ0v) is 15.1. The van der Waals surface area contributed by atoms with E-state index in [1.165, 1.54) is 19.2 Å². The van der Waals surface area contributed by atoms with Gasteiger partial charge in [-0.05, 0) is 37.7 Å². The highest BCUT2D eigenvalue weighted by Crippen LogP contribution is 2.15. The zero-order chi connectivity index (χ0) is 17.7. The molecule has 24 heavy (non-hydrogen) atoms. The van der Waals surface area contributed by atoms with Gasteiger partial charge in [0.1, 0.15) is 12.4 Å². The predicted octanol–water partition coefficient (Wildman–Crippen LogP) is 1.43. The molecule has 8 heteroatoms. The van der Waals surface area contributed by atoms with Crippen LogP contribution in [0.3, 0.4) is 0 Å². The Bertz CT molecular complexity index is 532. The maximum Gasteiger partial charge on any atom is 0.240 e. The molecule has 0 amide bonds. The van der Waals surface area contributed by atoms with Gasteiger partial charge in [-0.3, -0.25) is 0 Å². The van der Waals surface area contributed by atoms with E-state index in [1.54, 1.807) is 12.1 Å². The molecular weight excluding hydrogens is 334 g/mol. The lowest BCUT2D eigenvalue weighted by Crippen LogP contribution is -2.18. The van der Waals surface area contributed by atoms with Crippen LogP contribution in [0.4, 0.5) is 0 Å². The first-order valence-corrected chi connectivity index (χ1v) is 9.48. The molecule has 0 aliphatic rings. The maximum atomic E-state index is 11.6. The van der Waals surface area contributed by atoms with E-state index in [9.17, 15) is 8.42 Å². The van der Waals surface area contributed by atoms with Gasteiger partial charge in [0.2, 0.25) is 10.0 Å². The molecule has 138 valence electrons. The van der Waals surface area contributed by atoms with Gasteiger partial charge in [0, 0.05) is 6.61 Å². The summed E-state index contributed by atoms with van der Waals surface area (Å²) >= 11 is 0. The quantitative estimate of drug-likeness (QED) is 0.505. The van der Waals surface area contributed by atoms with Crippen molar-refractivity contribution in [3.63, 3.8) is 0 Å². The van der Waals surface area contributed by atoms with Gasteiger partial charge in [0.05, 0.1) is 37.9 Å². The first kappa shape index (κ1) is 20.9. The molecule has 0 heterocycles. The van der Waals surface area contributed by atoms with Crippen LogP contribution in [0, 0.1) is 0 Å². The Morgan fingerprint density at radius 3 is 1.83 bits per heavy atom. The summed E-state index contributed by atoms with van der Waals surface area (Å²) in [5.41, 5.74) is 0. The van der Waals surface area contributed by atoms with E-state index in [1.807, 2.05) is 0 Å². The van der Waals surface area contributed by atoms with E-state index in [0.29, 0.717) is 45.4 Å². The van der Waals surface area contributed by atoms with Crippen LogP contribution in [0.1, 0.15) is 13.3 Å². The van der Waals surface area contributed by atoms with Crippen molar-refractivity contribution in [3.05, 3.63) is 24.3 Å². The van der Waals surface area contributed by atoms with Crippen LogP contribution in [-0.4, -0.2) is 61.7 Å². The number of benzene rings is 1. The molecule has 0 aromatic heterocycles. The lowest BCUT2D eigenvalue weighted by molar-refractivity contribution is 0.00945. The van der Waals surface area contributed by atoms with Gasteiger partial charge in [-0.25, -0.2) is 13.1 Å². The van der Waals surface area contributed by atoms with E-state index in [2.05, 4.69) is 11.6 Å². The first-order valence-electron chi connectivity index (χ1n) is 7.99. The third-order valence-corrected chi connectivity index (χ3v) is 4.42. The van der Waals surface area contributed by atoms with Crippen LogP contribution in [0.2, 0.25) is 0 Å². The fourth-order valence-electron chi connectivity index (χ4n) is 1.74. The number of nitrogens with one attached hydrogen (secondary N) is 1. The number of rotatable bonds is 14. The molecule has 0 aliphatic heterocycles. The first-order chi connectivity index (χ1) is 11.6. The summed E-state index contributed by atoms with van der Waals surface area (Å²) in [4.78, 5) is 0.202. The second-order valence-corrected chi connectivity index (χ2v) is 6.75. The van der Waals surface area contributed by atoms with Gasteiger partial charge in [0.25, 0.3) is 0 Å². The van der Waals surface area contributed by atoms with Crippen LogP contribution in [0.15, 0.2) is 29.2 Å². The topological polar surface area (TPSA) is 83.1 Å². The molecule has 1 rings (SSSR count). The number of hydrogen-bond donors (Lipinski definition) is 1. The average molecular weight is 361 g/mol. The van der Waals surface area contributed by atoms with Gasteiger partial charge in [-0.15, -0.1) is 0 Å². The van der Waals surface area contributed by atoms with E-state index in [4.69, 9.17) is 18.9 Å². The number of sulfonamides is 1. The Labute approximate surface area is 144 Å². The molecule has 0 atom stereocenters. The van der Waals surface area contributed by atoms with Crippen molar-refractivity contribution < 1.29 is 27.4 Å². The van der Waals surface area contributed by atoms with Gasteiger partial charge in [-0.2, -0.15) is 0 Å². The Balaban J connectivity index is 2.05. The summed E-state index contributed by atoms with van der Waals surface area (Å²) in [5.74, 6) is 0.595. The predicted molar refractivity (Wildman–Crippen MR) is 90.9 cm³/mol. The van der Waals surface area contributed by atoms with Crippen molar-refractivity contribution in [1.82, 2.24) is 4.72 Å². The lowest BCUT2D eigenvalue weighted by atomic mass is 10.3. The van der Waals surface area contributed by atoms with Crippen molar-refractivity contribution in [2.24, 2.45) is 0 Å². The molecule has 0 saturated carbocycles. The summed E-state index contributed by atoms with van der Waals surface area (Å²) in [5, 5.41) is 0. The molecule has 0 unspecified atom stereocenters. The smallest absolute Gasteiger partial charge is 0.240 e. The van der Waals surface area contributed by atoms with Crippen LogP contribution in [0.5, 0.6) is 5.75 Å². The van der Waals surface area contributed by atoms with Gasteiger partial charge < -0.3 is 18.9 Å². The second-order valence-electron chi connectivity index (χ2n) is 4.86. The SMILES string of the molecule is CCCOCCOCCOCCOc1ccc(S(=O)(=O)NC)cc1. The van der Waals surface area contributed by atoms with Crippen molar-refractivity contribution in [2.75, 3.05) is 53.3 Å².